The van der Waals surface area contributed by atoms with E-state index in [1.54, 1.807) is 6.07 Å². The van der Waals surface area contributed by atoms with Crippen LogP contribution in [0.3, 0.4) is 0 Å². The van der Waals surface area contributed by atoms with Gasteiger partial charge >= 0.3 is 0 Å². The summed E-state index contributed by atoms with van der Waals surface area (Å²) in [6, 6.07) is 11.3. The minimum absolute atomic E-state index is 0.00493. The van der Waals surface area contributed by atoms with E-state index in [9.17, 15) is 9.59 Å². The molecule has 0 atom stereocenters. The highest BCUT2D eigenvalue weighted by Gasteiger charge is 2.09. The Bertz CT molecular complexity index is 805. The highest BCUT2D eigenvalue weighted by Crippen LogP contribution is 2.13. The molecule has 4 nitrogen and oxygen atoms in total. The average Bonchev–Trinajstić information content (AvgIpc) is 2.92. The van der Waals surface area contributed by atoms with Crippen LogP contribution in [0.4, 0.5) is 0 Å². The number of aromatic nitrogens is 2. The van der Waals surface area contributed by atoms with E-state index in [4.69, 9.17) is 0 Å². The first kappa shape index (κ1) is 12.7. The summed E-state index contributed by atoms with van der Waals surface area (Å²) in [6.45, 7) is 0.0620. The van der Waals surface area contributed by atoms with E-state index >= 15 is 0 Å². The van der Waals surface area contributed by atoms with Gasteiger partial charge in [0.25, 0.3) is 5.56 Å². The molecule has 100 valence electrons. The SMILES string of the molecule is O=C(Cc1ccccc1)Cn1cnc2sccc2c1=O. The summed E-state index contributed by atoms with van der Waals surface area (Å²) < 4.78 is 1.38. The summed E-state index contributed by atoms with van der Waals surface area (Å²) in [5, 5.41) is 2.40. The quantitative estimate of drug-likeness (QED) is 0.738. The van der Waals surface area contributed by atoms with Gasteiger partial charge in [0.2, 0.25) is 0 Å². The predicted octanol–water partition coefficient (Wildman–Crippen LogP) is 2.27. The third kappa shape index (κ3) is 2.53. The molecule has 0 spiro atoms. The van der Waals surface area contributed by atoms with Crippen LogP contribution in [-0.2, 0) is 17.8 Å². The molecule has 2 heterocycles. The zero-order valence-corrected chi connectivity index (χ0v) is 11.5. The Kier molecular flexibility index (Phi) is 3.43. The molecule has 20 heavy (non-hydrogen) atoms. The summed E-state index contributed by atoms with van der Waals surface area (Å²) in [4.78, 5) is 29.1. The van der Waals surface area contributed by atoms with Crippen molar-refractivity contribution < 1.29 is 4.79 Å². The van der Waals surface area contributed by atoms with E-state index in [-0.39, 0.29) is 17.9 Å². The third-order valence-electron chi connectivity index (χ3n) is 3.04. The fourth-order valence-electron chi connectivity index (χ4n) is 2.08. The minimum Gasteiger partial charge on any atom is -0.297 e. The molecule has 0 amide bonds. The minimum atomic E-state index is -0.155. The van der Waals surface area contributed by atoms with Gasteiger partial charge in [-0.15, -0.1) is 11.3 Å². The first-order chi connectivity index (χ1) is 9.74. The van der Waals surface area contributed by atoms with Crippen molar-refractivity contribution in [1.82, 2.24) is 9.55 Å². The van der Waals surface area contributed by atoms with Crippen molar-refractivity contribution in [2.24, 2.45) is 0 Å². The van der Waals surface area contributed by atoms with Crippen molar-refractivity contribution in [1.29, 1.82) is 0 Å². The van der Waals surface area contributed by atoms with Gasteiger partial charge in [-0.3, -0.25) is 14.2 Å². The predicted molar refractivity (Wildman–Crippen MR) is 79.0 cm³/mol. The van der Waals surface area contributed by atoms with Gasteiger partial charge in [0.15, 0.2) is 5.78 Å². The molecule has 3 aromatic rings. The molecule has 5 heteroatoms. The molecule has 0 N–H and O–H groups in total. The van der Waals surface area contributed by atoms with E-state index in [0.29, 0.717) is 16.6 Å². The van der Waals surface area contributed by atoms with E-state index in [2.05, 4.69) is 4.98 Å². The van der Waals surface area contributed by atoms with Crippen LogP contribution in [0.1, 0.15) is 5.56 Å². The average molecular weight is 284 g/mol. The van der Waals surface area contributed by atoms with Gasteiger partial charge in [0.1, 0.15) is 4.83 Å². The molecule has 0 radical (unpaired) electrons. The molecule has 0 saturated heterocycles. The normalized spacial score (nSPS) is 10.8. The topological polar surface area (TPSA) is 52.0 Å². The molecule has 0 saturated carbocycles. The number of hydrogen-bond acceptors (Lipinski definition) is 4. The summed E-state index contributed by atoms with van der Waals surface area (Å²) >= 11 is 1.42. The van der Waals surface area contributed by atoms with Crippen LogP contribution in [0.25, 0.3) is 10.2 Å². The van der Waals surface area contributed by atoms with Crippen LogP contribution >= 0.6 is 11.3 Å². The van der Waals surface area contributed by atoms with Crippen LogP contribution in [0.15, 0.2) is 52.9 Å². The van der Waals surface area contributed by atoms with E-state index in [1.807, 2.05) is 35.7 Å². The van der Waals surface area contributed by atoms with Gasteiger partial charge in [-0.2, -0.15) is 0 Å². The number of hydrogen-bond donors (Lipinski definition) is 0. The monoisotopic (exact) mass is 284 g/mol. The highest BCUT2D eigenvalue weighted by molar-refractivity contribution is 7.16. The number of nitrogens with zero attached hydrogens (tertiary/aromatic N) is 2. The Labute approximate surface area is 119 Å². The Morgan fingerprint density at radius 2 is 2.00 bits per heavy atom. The number of thiophene rings is 1. The summed E-state index contributed by atoms with van der Waals surface area (Å²) in [6.07, 6.45) is 1.78. The second kappa shape index (κ2) is 5.38. The van der Waals surface area contributed by atoms with Crippen LogP contribution < -0.4 is 5.56 Å². The molecule has 0 bridgehead atoms. The zero-order chi connectivity index (χ0) is 13.9. The first-order valence-electron chi connectivity index (χ1n) is 6.22. The number of ketones is 1. The maximum Gasteiger partial charge on any atom is 0.262 e. The number of carbonyl (C=O) groups is 1. The smallest absolute Gasteiger partial charge is 0.262 e. The second-order valence-electron chi connectivity index (χ2n) is 4.52. The molecule has 3 rings (SSSR count). The molecule has 0 aliphatic carbocycles. The zero-order valence-electron chi connectivity index (χ0n) is 10.7. The molecular weight excluding hydrogens is 272 g/mol. The largest absolute Gasteiger partial charge is 0.297 e. The molecule has 0 fully saturated rings. The van der Waals surface area contributed by atoms with Crippen molar-refractivity contribution >= 4 is 27.3 Å². The van der Waals surface area contributed by atoms with Crippen molar-refractivity contribution in [3.63, 3.8) is 0 Å². The third-order valence-corrected chi connectivity index (χ3v) is 3.86. The van der Waals surface area contributed by atoms with Gasteiger partial charge in [0.05, 0.1) is 18.3 Å². The number of benzene rings is 1. The van der Waals surface area contributed by atoms with Crippen LogP contribution in [0.2, 0.25) is 0 Å². The molecule has 2 aromatic heterocycles. The lowest BCUT2D eigenvalue weighted by Gasteiger charge is -2.04. The Morgan fingerprint density at radius 3 is 2.80 bits per heavy atom. The summed E-state index contributed by atoms with van der Waals surface area (Å²) in [7, 11) is 0. The highest BCUT2D eigenvalue weighted by atomic mass is 32.1. The number of Topliss-reactive ketones (excluding diaryl/α,β-unsaturated/α-hetero) is 1. The van der Waals surface area contributed by atoms with E-state index in [1.165, 1.54) is 22.2 Å². The fourth-order valence-corrected chi connectivity index (χ4v) is 2.80. The number of rotatable bonds is 4. The van der Waals surface area contributed by atoms with Crippen molar-refractivity contribution in [2.75, 3.05) is 0 Å². The van der Waals surface area contributed by atoms with Crippen LogP contribution in [0.5, 0.6) is 0 Å². The van der Waals surface area contributed by atoms with Crippen LogP contribution in [-0.4, -0.2) is 15.3 Å². The van der Waals surface area contributed by atoms with Gasteiger partial charge in [-0.1, -0.05) is 30.3 Å². The Hall–Kier alpha value is -2.27. The first-order valence-corrected chi connectivity index (χ1v) is 7.10. The maximum absolute atomic E-state index is 12.2. The number of carbonyl (C=O) groups excluding carboxylic acids is 1. The van der Waals surface area contributed by atoms with Crippen molar-refractivity contribution in [2.45, 2.75) is 13.0 Å². The lowest BCUT2D eigenvalue weighted by molar-refractivity contribution is -0.119. The molecule has 0 aliphatic rings. The van der Waals surface area contributed by atoms with Crippen molar-refractivity contribution in [3.05, 3.63) is 64.0 Å². The van der Waals surface area contributed by atoms with Gasteiger partial charge in [-0.25, -0.2) is 4.98 Å². The Balaban J connectivity index is 1.81. The maximum atomic E-state index is 12.2. The molecule has 0 aliphatic heterocycles. The van der Waals surface area contributed by atoms with E-state index < -0.39 is 0 Å². The standard InChI is InChI=1S/C15H12N2O2S/c18-12(8-11-4-2-1-3-5-11)9-17-10-16-14-13(15(17)19)6-7-20-14/h1-7,10H,8-9H2. The molecule has 1 aromatic carbocycles. The summed E-state index contributed by atoms with van der Waals surface area (Å²) in [5.41, 5.74) is 0.799. The van der Waals surface area contributed by atoms with Crippen LogP contribution in [0, 0.1) is 0 Å². The fraction of sp³-hybridized carbons (Fsp3) is 0.133. The van der Waals surface area contributed by atoms with Gasteiger partial charge in [0, 0.05) is 6.42 Å². The summed E-state index contributed by atoms with van der Waals surface area (Å²) in [5.74, 6) is -0.00493. The Morgan fingerprint density at radius 1 is 1.20 bits per heavy atom. The van der Waals surface area contributed by atoms with Gasteiger partial charge in [-0.05, 0) is 17.0 Å². The molecule has 0 unspecified atom stereocenters. The number of fused-ring (bicyclic) bond motifs is 1. The lowest BCUT2D eigenvalue weighted by Crippen LogP contribution is -2.24. The second-order valence-corrected chi connectivity index (χ2v) is 5.41. The van der Waals surface area contributed by atoms with Gasteiger partial charge < -0.3 is 0 Å². The van der Waals surface area contributed by atoms with Crippen molar-refractivity contribution in [3.8, 4) is 0 Å². The van der Waals surface area contributed by atoms with E-state index in [0.717, 1.165) is 5.56 Å². The lowest BCUT2D eigenvalue weighted by atomic mass is 10.1. The molecular formula is C15H12N2O2S.